The number of carbonyl (C=O) groups excluding carboxylic acids is 1. The van der Waals surface area contributed by atoms with Gasteiger partial charge in [-0.15, -0.1) is 0 Å². The van der Waals surface area contributed by atoms with Gasteiger partial charge in [0.25, 0.3) is 0 Å². The molecule has 0 heterocycles. The Kier molecular flexibility index (Phi) is 1.47. The van der Waals surface area contributed by atoms with E-state index in [0.29, 0.717) is 5.92 Å². The Morgan fingerprint density at radius 2 is 2.50 bits per heavy atom. The fraction of sp³-hybridized carbons (Fsp3) is 0.571. The maximum atomic E-state index is 10.2. The first-order valence-corrected chi connectivity index (χ1v) is 2.96. The lowest BCUT2D eigenvalue weighted by Crippen LogP contribution is -2.03. The number of allylic oxidation sites excluding steroid dienone is 2. The van der Waals surface area contributed by atoms with Crippen LogP contribution in [0.15, 0.2) is 12.2 Å². The Balaban J connectivity index is 2.52. The van der Waals surface area contributed by atoms with Crippen LogP contribution in [0.4, 0.5) is 0 Å². The minimum absolute atomic E-state index is 0.204. The molecular formula is C7H10O. The van der Waals surface area contributed by atoms with Crippen LogP contribution >= 0.6 is 0 Å². The topological polar surface area (TPSA) is 17.1 Å². The van der Waals surface area contributed by atoms with E-state index >= 15 is 0 Å². The molecule has 0 fully saturated rings. The third-order valence-electron chi connectivity index (χ3n) is 1.68. The molecule has 8 heavy (non-hydrogen) atoms. The van der Waals surface area contributed by atoms with Gasteiger partial charge >= 0.3 is 0 Å². The van der Waals surface area contributed by atoms with Crippen molar-refractivity contribution in [3.05, 3.63) is 12.2 Å². The highest BCUT2D eigenvalue weighted by Crippen LogP contribution is 2.21. The fourth-order valence-electron chi connectivity index (χ4n) is 0.977. The summed E-state index contributed by atoms with van der Waals surface area (Å²) in [4.78, 5) is 10.2. The van der Waals surface area contributed by atoms with Gasteiger partial charge in [-0.2, -0.15) is 0 Å². The standard InChI is InChI=1S/C7H10O/c1-6-3-2-4-7(6)5-8/h2,4-7H,3H2,1H3. The number of rotatable bonds is 1. The lowest BCUT2D eigenvalue weighted by atomic mass is 10.00. The lowest BCUT2D eigenvalue weighted by molar-refractivity contribution is -0.110. The molecule has 0 spiro atoms. The zero-order valence-electron chi connectivity index (χ0n) is 5.00. The second-order valence-corrected chi connectivity index (χ2v) is 2.35. The van der Waals surface area contributed by atoms with Gasteiger partial charge in [0, 0.05) is 5.92 Å². The molecule has 0 N–H and O–H groups in total. The molecule has 0 bridgehead atoms. The van der Waals surface area contributed by atoms with Gasteiger partial charge in [0.15, 0.2) is 0 Å². The summed E-state index contributed by atoms with van der Waals surface area (Å²) in [6.07, 6.45) is 6.15. The maximum absolute atomic E-state index is 10.2. The molecule has 1 rings (SSSR count). The maximum Gasteiger partial charge on any atom is 0.127 e. The van der Waals surface area contributed by atoms with Crippen molar-refractivity contribution < 1.29 is 4.79 Å². The van der Waals surface area contributed by atoms with Crippen molar-refractivity contribution in [3.63, 3.8) is 0 Å². The van der Waals surface area contributed by atoms with Crippen molar-refractivity contribution in [2.45, 2.75) is 13.3 Å². The number of hydrogen-bond donors (Lipinski definition) is 0. The SMILES string of the molecule is CC1CC=CC1C=O. The molecule has 0 saturated carbocycles. The Bertz CT molecular complexity index is 116. The van der Waals surface area contributed by atoms with Crippen molar-refractivity contribution in [2.75, 3.05) is 0 Å². The molecular weight excluding hydrogens is 100 g/mol. The molecule has 0 aromatic rings. The summed E-state index contributed by atoms with van der Waals surface area (Å²) in [7, 11) is 0. The van der Waals surface area contributed by atoms with Crippen molar-refractivity contribution in [1.29, 1.82) is 0 Å². The average Bonchev–Trinajstić information content (AvgIpc) is 2.14. The van der Waals surface area contributed by atoms with Gasteiger partial charge in [-0.3, -0.25) is 0 Å². The van der Waals surface area contributed by atoms with Crippen LogP contribution in [0, 0.1) is 11.8 Å². The van der Waals surface area contributed by atoms with Gasteiger partial charge in [-0.1, -0.05) is 19.1 Å². The average molecular weight is 110 g/mol. The van der Waals surface area contributed by atoms with E-state index in [-0.39, 0.29) is 5.92 Å². The minimum Gasteiger partial charge on any atom is -0.303 e. The molecule has 0 amide bonds. The van der Waals surface area contributed by atoms with E-state index in [0.717, 1.165) is 12.7 Å². The number of hydrogen-bond acceptors (Lipinski definition) is 1. The molecule has 2 unspecified atom stereocenters. The molecule has 0 aliphatic heterocycles. The van der Waals surface area contributed by atoms with E-state index in [1.807, 2.05) is 6.08 Å². The highest BCUT2D eigenvalue weighted by molar-refractivity contribution is 5.58. The third kappa shape index (κ3) is 0.808. The van der Waals surface area contributed by atoms with Crippen LogP contribution in [-0.2, 0) is 4.79 Å². The molecule has 1 aliphatic carbocycles. The second kappa shape index (κ2) is 2.12. The first-order chi connectivity index (χ1) is 3.84. The van der Waals surface area contributed by atoms with Gasteiger partial charge in [0.2, 0.25) is 0 Å². The summed E-state index contributed by atoms with van der Waals surface area (Å²) in [5.74, 6) is 0.752. The van der Waals surface area contributed by atoms with Crippen molar-refractivity contribution >= 4 is 6.29 Å². The monoisotopic (exact) mass is 110 g/mol. The van der Waals surface area contributed by atoms with Gasteiger partial charge in [-0.25, -0.2) is 0 Å². The van der Waals surface area contributed by atoms with E-state index < -0.39 is 0 Å². The molecule has 0 aromatic carbocycles. The molecule has 1 heteroatoms. The summed E-state index contributed by atoms with van der Waals surface area (Å²) in [5, 5.41) is 0. The Morgan fingerprint density at radius 1 is 1.75 bits per heavy atom. The number of aldehydes is 1. The van der Waals surface area contributed by atoms with Gasteiger partial charge < -0.3 is 4.79 Å². The van der Waals surface area contributed by atoms with Gasteiger partial charge in [0.1, 0.15) is 6.29 Å². The van der Waals surface area contributed by atoms with Crippen LogP contribution in [0.2, 0.25) is 0 Å². The predicted octanol–water partition coefficient (Wildman–Crippen LogP) is 1.40. The quantitative estimate of drug-likeness (QED) is 0.368. The molecule has 1 nitrogen and oxygen atoms in total. The molecule has 0 saturated heterocycles. The first kappa shape index (κ1) is 5.54. The van der Waals surface area contributed by atoms with Crippen LogP contribution in [0.1, 0.15) is 13.3 Å². The zero-order chi connectivity index (χ0) is 5.98. The van der Waals surface area contributed by atoms with Crippen LogP contribution in [0.3, 0.4) is 0 Å². The number of carbonyl (C=O) groups is 1. The van der Waals surface area contributed by atoms with Crippen LogP contribution in [0.5, 0.6) is 0 Å². The fourth-order valence-corrected chi connectivity index (χ4v) is 0.977. The zero-order valence-corrected chi connectivity index (χ0v) is 5.00. The predicted molar refractivity (Wildman–Crippen MR) is 32.5 cm³/mol. The van der Waals surface area contributed by atoms with Gasteiger partial charge in [0.05, 0.1) is 0 Å². The highest BCUT2D eigenvalue weighted by Gasteiger charge is 2.15. The smallest absolute Gasteiger partial charge is 0.127 e. The molecule has 2 atom stereocenters. The lowest BCUT2D eigenvalue weighted by Gasteiger charge is -2.03. The van der Waals surface area contributed by atoms with E-state index in [1.54, 1.807) is 0 Å². The summed E-state index contributed by atoms with van der Waals surface area (Å²) in [6, 6.07) is 0. The van der Waals surface area contributed by atoms with Crippen LogP contribution in [0.25, 0.3) is 0 Å². The van der Waals surface area contributed by atoms with E-state index in [1.165, 1.54) is 0 Å². The minimum atomic E-state index is 0.204. The first-order valence-electron chi connectivity index (χ1n) is 2.96. The Hall–Kier alpha value is -0.590. The summed E-state index contributed by atoms with van der Waals surface area (Å²) in [6.45, 7) is 2.10. The van der Waals surface area contributed by atoms with E-state index in [2.05, 4.69) is 13.0 Å². The molecule has 0 aromatic heterocycles. The van der Waals surface area contributed by atoms with Crippen molar-refractivity contribution in [2.24, 2.45) is 11.8 Å². The van der Waals surface area contributed by atoms with E-state index in [4.69, 9.17) is 0 Å². The molecule has 44 valence electrons. The van der Waals surface area contributed by atoms with Crippen molar-refractivity contribution in [1.82, 2.24) is 0 Å². The summed E-state index contributed by atoms with van der Waals surface area (Å²) < 4.78 is 0. The molecule has 0 radical (unpaired) electrons. The van der Waals surface area contributed by atoms with Crippen LogP contribution < -0.4 is 0 Å². The second-order valence-electron chi connectivity index (χ2n) is 2.35. The van der Waals surface area contributed by atoms with E-state index in [9.17, 15) is 4.79 Å². The third-order valence-corrected chi connectivity index (χ3v) is 1.68. The highest BCUT2D eigenvalue weighted by atomic mass is 16.1. The van der Waals surface area contributed by atoms with Crippen molar-refractivity contribution in [3.8, 4) is 0 Å². The Labute approximate surface area is 49.4 Å². The normalized spacial score (nSPS) is 35.6. The largest absolute Gasteiger partial charge is 0.303 e. The Morgan fingerprint density at radius 3 is 2.75 bits per heavy atom. The summed E-state index contributed by atoms with van der Waals surface area (Å²) in [5.41, 5.74) is 0. The molecule has 1 aliphatic rings. The summed E-state index contributed by atoms with van der Waals surface area (Å²) >= 11 is 0. The van der Waals surface area contributed by atoms with Gasteiger partial charge in [-0.05, 0) is 12.3 Å². The van der Waals surface area contributed by atoms with Crippen LogP contribution in [-0.4, -0.2) is 6.29 Å².